The summed E-state index contributed by atoms with van der Waals surface area (Å²) in [6.45, 7) is 9.06. The fourth-order valence-corrected chi connectivity index (χ4v) is 2.09. The van der Waals surface area contributed by atoms with Crippen LogP contribution in [0.25, 0.3) is 0 Å². The predicted octanol–water partition coefficient (Wildman–Crippen LogP) is 1.47. The van der Waals surface area contributed by atoms with E-state index in [-0.39, 0.29) is 12.6 Å². The molecular weight excluding hydrogens is 200 g/mol. The Morgan fingerprint density at radius 3 is 2.56 bits per heavy atom. The van der Waals surface area contributed by atoms with E-state index in [1.165, 1.54) is 32.4 Å². The van der Waals surface area contributed by atoms with E-state index in [2.05, 4.69) is 24.1 Å². The Labute approximate surface area is 100 Å². The molecule has 0 aliphatic heterocycles. The molecule has 1 atom stereocenters. The summed E-state index contributed by atoms with van der Waals surface area (Å²) >= 11 is 0. The van der Waals surface area contributed by atoms with Crippen LogP contribution in [-0.4, -0.2) is 48.8 Å². The molecule has 3 heteroatoms. The van der Waals surface area contributed by atoms with Crippen LogP contribution < -0.4 is 5.32 Å². The third-order valence-electron chi connectivity index (χ3n) is 3.14. The second-order valence-corrected chi connectivity index (χ2v) is 5.04. The monoisotopic (exact) mass is 228 g/mol. The zero-order valence-corrected chi connectivity index (χ0v) is 10.9. The van der Waals surface area contributed by atoms with Gasteiger partial charge < -0.3 is 15.3 Å². The Balaban J connectivity index is 2.24. The van der Waals surface area contributed by atoms with Gasteiger partial charge in [-0.05, 0) is 44.7 Å². The molecule has 0 amide bonds. The van der Waals surface area contributed by atoms with Crippen LogP contribution >= 0.6 is 0 Å². The molecule has 1 rings (SSSR count). The third-order valence-corrected chi connectivity index (χ3v) is 3.14. The molecule has 1 saturated carbocycles. The van der Waals surface area contributed by atoms with Gasteiger partial charge in [0, 0.05) is 19.1 Å². The normalized spacial score (nSPS) is 18.0. The fourth-order valence-electron chi connectivity index (χ4n) is 2.09. The summed E-state index contributed by atoms with van der Waals surface area (Å²) in [5, 5.41) is 12.7. The summed E-state index contributed by atoms with van der Waals surface area (Å²) in [6.07, 6.45) is 5.16. The molecule has 3 nitrogen and oxygen atoms in total. The molecule has 0 aromatic carbocycles. The van der Waals surface area contributed by atoms with Crippen molar-refractivity contribution in [2.45, 2.75) is 45.6 Å². The molecule has 0 bridgehead atoms. The van der Waals surface area contributed by atoms with Crippen molar-refractivity contribution in [1.29, 1.82) is 0 Å². The van der Waals surface area contributed by atoms with Crippen LogP contribution in [0.1, 0.15) is 39.5 Å². The number of aliphatic hydroxyl groups excluding tert-OH is 1. The lowest BCUT2D eigenvalue weighted by Gasteiger charge is -2.26. The molecule has 0 radical (unpaired) electrons. The van der Waals surface area contributed by atoms with E-state index in [1.807, 2.05) is 0 Å². The Morgan fingerprint density at radius 2 is 2.06 bits per heavy atom. The van der Waals surface area contributed by atoms with E-state index in [4.69, 9.17) is 0 Å². The van der Waals surface area contributed by atoms with Gasteiger partial charge in [-0.25, -0.2) is 0 Å². The highest BCUT2D eigenvalue weighted by Gasteiger charge is 2.24. The molecule has 1 aliphatic rings. The summed E-state index contributed by atoms with van der Waals surface area (Å²) in [5.41, 5.74) is 0. The summed E-state index contributed by atoms with van der Waals surface area (Å²) in [5.74, 6) is 0.942. The second-order valence-electron chi connectivity index (χ2n) is 5.04. The maximum absolute atomic E-state index is 9.33. The van der Waals surface area contributed by atoms with E-state index in [1.54, 1.807) is 0 Å². The quantitative estimate of drug-likeness (QED) is 0.594. The molecule has 0 aromatic heterocycles. The van der Waals surface area contributed by atoms with Crippen molar-refractivity contribution in [3.05, 3.63) is 0 Å². The van der Waals surface area contributed by atoms with Crippen LogP contribution in [0.3, 0.4) is 0 Å². The summed E-state index contributed by atoms with van der Waals surface area (Å²) in [7, 11) is 0. The van der Waals surface area contributed by atoms with Gasteiger partial charge in [-0.1, -0.05) is 13.8 Å². The van der Waals surface area contributed by atoms with Crippen molar-refractivity contribution >= 4 is 0 Å². The van der Waals surface area contributed by atoms with Crippen molar-refractivity contribution in [2.75, 3.05) is 32.8 Å². The van der Waals surface area contributed by atoms with Gasteiger partial charge >= 0.3 is 0 Å². The van der Waals surface area contributed by atoms with E-state index >= 15 is 0 Å². The standard InChI is InChI=1S/C13H28N2O/c1-3-7-14-13(11-16)10-15(8-4-2)9-12-5-6-12/h12-14,16H,3-11H2,1-2H3. The average molecular weight is 228 g/mol. The largest absolute Gasteiger partial charge is 0.395 e. The van der Waals surface area contributed by atoms with E-state index < -0.39 is 0 Å². The molecule has 0 saturated heterocycles. The van der Waals surface area contributed by atoms with Gasteiger partial charge in [0.25, 0.3) is 0 Å². The lowest BCUT2D eigenvalue weighted by atomic mass is 10.2. The first-order valence-electron chi connectivity index (χ1n) is 6.86. The van der Waals surface area contributed by atoms with E-state index in [0.29, 0.717) is 0 Å². The first-order valence-corrected chi connectivity index (χ1v) is 6.86. The molecule has 0 spiro atoms. The smallest absolute Gasteiger partial charge is 0.0597 e. The number of aliphatic hydroxyl groups is 1. The average Bonchev–Trinajstić information content (AvgIpc) is 3.08. The Kier molecular flexibility index (Phi) is 7.01. The number of hydrogen-bond acceptors (Lipinski definition) is 3. The zero-order chi connectivity index (χ0) is 11.8. The van der Waals surface area contributed by atoms with Gasteiger partial charge in [-0.3, -0.25) is 0 Å². The molecule has 1 unspecified atom stereocenters. The molecule has 0 aromatic rings. The topological polar surface area (TPSA) is 35.5 Å². The Hall–Kier alpha value is -0.120. The van der Waals surface area contributed by atoms with Gasteiger partial charge in [-0.15, -0.1) is 0 Å². The number of nitrogens with one attached hydrogen (secondary N) is 1. The summed E-state index contributed by atoms with van der Waals surface area (Å²) in [4.78, 5) is 2.52. The van der Waals surface area contributed by atoms with Crippen molar-refractivity contribution < 1.29 is 5.11 Å². The van der Waals surface area contributed by atoms with Gasteiger partial charge in [-0.2, -0.15) is 0 Å². The molecule has 96 valence electrons. The Morgan fingerprint density at radius 1 is 1.31 bits per heavy atom. The first kappa shape index (κ1) is 13.9. The molecule has 2 N–H and O–H groups in total. The number of nitrogens with zero attached hydrogens (tertiary/aromatic N) is 1. The highest BCUT2D eigenvalue weighted by atomic mass is 16.3. The number of rotatable bonds is 10. The lowest BCUT2D eigenvalue weighted by molar-refractivity contribution is 0.177. The zero-order valence-electron chi connectivity index (χ0n) is 10.9. The minimum Gasteiger partial charge on any atom is -0.395 e. The van der Waals surface area contributed by atoms with Crippen LogP contribution in [0.5, 0.6) is 0 Å². The van der Waals surface area contributed by atoms with Crippen LogP contribution in [0.15, 0.2) is 0 Å². The third kappa shape index (κ3) is 5.83. The summed E-state index contributed by atoms with van der Waals surface area (Å²) < 4.78 is 0. The molecular formula is C13H28N2O. The highest BCUT2D eigenvalue weighted by Crippen LogP contribution is 2.29. The predicted molar refractivity (Wildman–Crippen MR) is 68.6 cm³/mol. The number of hydrogen-bond donors (Lipinski definition) is 2. The molecule has 0 heterocycles. The summed E-state index contributed by atoms with van der Waals surface area (Å²) in [6, 6.07) is 0.255. The van der Waals surface area contributed by atoms with Gasteiger partial charge in [0.1, 0.15) is 0 Å². The maximum atomic E-state index is 9.33. The second kappa shape index (κ2) is 8.04. The van der Waals surface area contributed by atoms with E-state index in [0.717, 1.165) is 25.4 Å². The van der Waals surface area contributed by atoms with E-state index in [9.17, 15) is 5.11 Å². The highest BCUT2D eigenvalue weighted by molar-refractivity contribution is 4.79. The van der Waals surface area contributed by atoms with Crippen molar-refractivity contribution in [3.63, 3.8) is 0 Å². The molecule has 16 heavy (non-hydrogen) atoms. The van der Waals surface area contributed by atoms with Crippen molar-refractivity contribution in [2.24, 2.45) is 5.92 Å². The minimum atomic E-state index is 0.255. The van der Waals surface area contributed by atoms with Crippen molar-refractivity contribution in [3.8, 4) is 0 Å². The molecule has 1 aliphatic carbocycles. The van der Waals surface area contributed by atoms with Crippen LogP contribution in [0, 0.1) is 5.92 Å². The van der Waals surface area contributed by atoms with Crippen LogP contribution in [0.4, 0.5) is 0 Å². The maximum Gasteiger partial charge on any atom is 0.0597 e. The van der Waals surface area contributed by atoms with Gasteiger partial charge in [0.2, 0.25) is 0 Å². The first-order chi connectivity index (χ1) is 7.80. The van der Waals surface area contributed by atoms with Gasteiger partial charge in [0.05, 0.1) is 6.61 Å². The van der Waals surface area contributed by atoms with Crippen LogP contribution in [0.2, 0.25) is 0 Å². The van der Waals surface area contributed by atoms with Crippen LogP contribution in [-0.2, 0) is 0 Å². The van der Waals surface area contributed by atoms with Gasteiger partial charge in [0.15, 0.2) is 0 Å². The van der Waals surface area contributed by atoms with Crippen molar-refractivity contribution in [1.82, 2.24) is 10.2 Å². The SMILES string of the molecule is CCCNC(CO)CN(CCC)CC1CC1. The lowest BCUT2D eigenvalue weighted by Crippen LogP contribution is -2.44. The fraction of sp³-hybridized carbons (Fsp3) is 1.00. The molecule has 1 fully saturated rings. The Bertz CT molecular complexity index is 171. The minimum absolute atomic E-state index is 0.255.